The summed E-state index contributed by atoms with van der Waals surface area (Å²) < 4.78 is 0. The van der Waals surface area contributed by atoms with Crippen molar-refractivity contribution in [2.45, 2.75) is 6.54 Å². The summed E-state index contributed by atoms with van der Waals surface area (Å²) in [6.07, 6.45) is 0.396. The van der Waals surface area contributed by atoms with Crippen molar-refractivity contribution >= 4 is 11.8 Å². The number of hydrogen-bond donors (Lipinski definition) is 3. The summed E-state index contributed by atoms with van der Waals surface area (Å²) in [7, 11) is 0. The molecule has 0 fully saturated rings. The third-order valence-corrected chi connectivity index (χ3v) is 3.43. The third-order valence-electron chi connectivity index (χ3n) is 3.43. The smallest absolute Gasteiger partial charge is 0.412 e. The molecule has 3 rings (SSSR count). The molecule has 1 aromatic carbocycles. The van der Waals surface area contributed by atoms with Crippen LogP contribution < -0.4 is 10.5 Å². The van der Waals surface area contributed by atoms with Gasteiger partial charge >= 0.3 is 6.09 Å². The summed E-state index contributed by atoms with van der Waals surface area (Å²) in [5.41, 5.74) is 1.01. The Hall–Kier alpha value is -3.68. The SMILES string of the molecule is O=C(O)N(Cc1ccnc(-c2nc(O)cc(=O)[nH]2)c1)c1ccccc1. The number of hydrogen-bond acceptors (Lipinski definition) is 5. The van der Waals surface area contributed by atoms with Gasteiger partial charge in [0.2, 0.25) is 5.88 Å². The van der Waals surface area contributed by atoms with Gasteiger partial charge in [0.1, 0.15) is 5.69 Å². The fourth-order valence-electron chi connectivity index (χ4n) is 2.33. The Morgan fingerprint density at radius 1 is 1.16 bits per heavy atom. The fraction of sp³-hybridized carbons (Fsp3) is 0.0588. The van der Waals surface area contributed by atoms with Crippen molar-refractivity contribution in [3.05, 3.63) is 70.6 Å². The number of rotatable bonds is 4. The van der Waals surface area contributed by atoms with E-state index in [1.165, 1.54) is 11.1 Å². The first-order chi connectivity index (χ1) is 12.0. The van der Waals surface area contributed by atoms with Gasteiger partial charge in [0, 0.05) is 11.9 Å². The van der Waals surface area contributed by atoms with Crippen LogP contribution in [0.4, 0.5) is 10.5 Å². The molecule has 2 heterocycles. The van der Waals surface area contributed by atoms with E-state index in [9.17, 15) is 19.8 Å². The molecule has 2 aromatic heterocycles. The number of anilines is 1. The molecule has 3 aromatic rings. The number of nitrogens with one attached hydrogen (secondary N) is 1. The molecule has 0 unspecified atom stereocenters. The van der Waals surface area contributed by atoms with E-state index < -0.39 is 17.5 Å². The van der Waals surface area contributed by atoms with Gasteiger partial charge in [-0.2, -0.15) is 4.98 Å². The van der Waals surface area contributed by atoms with Crippen molar-refractivity contribution in [1.82, 2.24) is 15.0 Å². The number of aromatic nitrogens is 3. The summed E-state index contributed by atoms with van der Waals surface area (Å²) in [6.45, 7) is 0.0952. The second kappa shape index (κ2) is 6.83. The number of aromatic hydroxyl groups is 1. The topological polar surface area (TPSA) is 119 Å². The van der Waals surface area contributed by atoms with Crippen molar-refractivity contribution < 1.29 is 15.0 Å². The van der Waals surface area contributed by atoms with Crippen LogP contribution in [0.1, 0.15) is 5.56 Å². The van der Waals surface area contributed by atoms with Crippen molar-refractivity contribution in [2.24, 2.45) is 0 Å². The molecule has 0 atom stereocenters. The van der Waals surface area contributed by atoms with E-state index in [2.05, 4.69) is 15.0 Å². The molecule has 0 bridgehead atoms. The molecular weight excluding hydrogens is 324 g/mol. The average molecular weight is 338 g/mol. The van der Waals surface area contributed by atoms with E-state index >= 15 is 0 Å². The van der Waals surface area contributed by atoms with Gasteiger partial charge in [0.25, 0.3) is 5.56 Å². The lowest BCUT2D eigenvalue weighted by atomic mass is 10.2. The van der Waals surface area contributed by atoms with Crippen LogP contribution in [0.15, 0.2) is 59.5 Å². The van der Waals surface area contributed by atoms with E-state index in [1.54, 1.807) is 42.5 Å². The van der Waals surface area contributed by atoms with Crippen LogP contribution in [-0.2, 0) is 6.54 Å². The van der Waals surface area contributed by atoms with Crippen LogP contribution in [-0.4, -0.2) is 31.3 Å². The van der Waals surface area contributed by atoms with Crippen LogP contribution in [0.3, 0.4) is 0 Å². The van der Waals surface area contributed by atoms with E-state index in [4.69, 9.17) is 0 Å². The van der Waals surface area contributed by atoms with Crippen LogP contribution in [0.5, 0.6) is 5.88 Å². The number of pyridine rings is 1. The largest absolute Gasteiger partial charge is 0.493 e. The number of nitrogens with zero attached hydrogens (tertiary/aromatic N) is 3. The molecule has 0 spiro atoms. The Kier molecular flexibility index (Phi) is 4.42. The highest BCUT2D eigenvalue weighted by atomic mass is 16.4. The molecule has 0 saturated carbocycles. The zero-order valence-electron chi connectivity index (χ0n) is 13.0. The highest BCUT2D eigenvalue weighted by molar-refractivity contribution is 5.85. The predicted molar refractivity (Wildman–Crippen MR) is 90.4 cm³/mol. The second-order valence-corrected chi connectivity index (χ2v) is 5.21. The summed E-state index contributed by atoms with van der Waals surface area (Å²) in [4.78, 5) is 34.6. The summed E-state index contributed by atoms with van der Waals surface area (Å²) in [5.74, 6) is -0.309. The van der Waals surface area contributed by atoms with Gasteiger partial charge in [-0.3, -0.25) is 14.7 Å². The molecule has 1 amide bonds. The number of para-hydroxylation sites is 1. The standard InChI is InChI=1S/C17H14N4O4/c22-14-9-15(23)20-16(19-14)13-8-11(6-7-18-13)10-21(17(24)25)12-4-2-1-3-5-12/h1-9H,10H2,(H,24,25)(H2,19,20,22,23). The lowest BCUT2D eigenvalue weighted by Crippen LogP contribution is -2.28. The van der Waals surface area contributed by atoms with Gasteiger partial charge in [-0.1, -0.05) is 18.2 Å². The van der Waals surface area contributed by atoms with Crippen LogP contribution in [0.25, 0.3) is 11.5 Å². The number of amides is 1. The van der Waals surface area contributed by atoms with Crippen LogP contribution >= 0.6 is 0 Å². The lowest BCUT2D eigenvalue weighted by Gasteiger charge is -2.19. The number of H-pyrrole nitrogens is 1. The molecule has 8 heteroatoms. The van der Waals surface area contributed by atoms with Crippen LogP contribution in [0.2, 0.25) is 0 Å². The second-order valence-electron chi connectivity index (χ2n) is 5.21. The van der Waals surface area contributed by atoms with Gasteiger partial charge in [0.15, 0.2) is 5.82 Å². The zero-order chi connectivity index (χ0) is 17.8. The molecule has 8 nitrogen and oxygen atoms in total. The maximum atomic E-state index is 11.6. The van der Waals surface area contributed by atoms with E-state index in [-0.39, 0.29) is 12.4 Å². The van der Waals surface area contributed by atoms with Gasteiger partial charge in [0.05, 0.1) is 12.6 Å². The molecule has 0 radical (unpaired) electrons. The number of carbonyl (C=O) groups is 1. The quantitative estimate of drug-likeness (QED) is 0.671. The van der Waals surface area contributed by atoms with E-state index in [0.29, 0.717) is 16.9 Å². The summed E-state index contributed by atoms with van der Waals surface area (Å²) in [6, 6.07) is 12.9. The highest BCUT2D eigenvalue weighted by Crippen LogP contribution is 2.19. The molecule has 0 saturated heterocycles. The third kappa shape index (κ3) is 3.81. The van der Waals surface area contributed by atoms with Crippen LogP contribution in [0, 0.1) is 0 Å². The van der Waals surface area contributed by atoms with Gasteiger partial charge in [-0.05, 0) is 29.8 Å². The molecule has 0 aliphatic rings. The number of benzene rings is 1. The Labute approximate surface area is 142 Å². The van der Waals surface area contributed by atoms with Crippen molar-refractivity contribution in [3.8, 4) is 17.4 Å². The monoisotopic (exact) mass is 338 g/mol. The predicted octanol–water partition coefficient (Wildman–Crippen LogP) is 2.22. The van der Waals surface area contributed by atoms with Crippen molar-refractivity contribution in [1.29, 1.82) is 0 Å². The van der Waals surface area contributed by atoms with Gasteiger partial charge < -0.3 is 15.2 Å². The zero-order valence-corrected chi connectivity index (χ0v) is 13.0. The molecule has 126 valence electrons. The maximum Gasteiger partial charge on any atom is 0.412 e. The number of aromatic amines is 1. The Bertz CT molecular complexity index is 956. The van der Waals surface area contributed by atoms with Crippen molar-refractivity contribution in [2.75, 3.05) is 4.90 Å². The van der Waals surface area contributed by atoms with Gasteiger partial charge in [-0.15, -0.1) is 0 Å². The first kappa shape index (κ1) is 16.2. The fourth-order valence-corrected chi connectivity index (χ4v) is 2.33. The van der Waals surface area contributed by atoms with E-state index in [0.717, 1.165) is 6.07 Å². The Morgan fingerprint density at radius 2 is 1.92 bits per heavy atom. The van der Waals surface area contributed by atoms with Crippen molar-refractivity contribution in [3.63, 3.8) is 0 Å². The molecule has 0 aliphatic heterocycles. The Balaban J connectivity index is 1.93. The average Bonchev–Trinajstić information content (AvgIpc) is 2.59. The van der Waals surface area contributed by atoms with E-state index in [1.807, 2.05) is 0 Å². The highest BCUT2D eigenvalue weighted by Gasteiger charge is 2.15. The summed E-state index contributed by atoms with van der Waals surface area (Å²) >= 11 is 0. The normalized spacial score (nSPS) is 10.4. The minimum atomic E-state index is -1.09. The molecular formula is C17H14N4O4. The molecule has 25 heavy (non-hydrogen) atoms. The van der Waals surface area contributed by atoms with Gasteiger partial charge in [-0.25, -0.2) is 4.79 Å². The minimum Gasteiger partial charge on any atom is -0.493 e. The summed E-state index contributed by atoms with van der Waals surface area (Å²) in [5, 5.41) is 18.9. The Morgan fingerprint density at radius 3 is 2.60 bits per heavy atom. The molecule has 3 N–H and O–H groups in total. The first-order valence-corrected chi connectivity index (χ1v) is 7.34. The lowest BCUT2D eigenvalue weighted by molar-refractivity contribution is 0.201. The molecule has 0 aliphatic carbocycles. The maximum absolute atomic E-state index is 11.6. The minimum absolute atomic E-state index is 0.0952. The first-order valence-electron chi connectivity index (χ1n) is 7.34. The number of carboxylic acid groups (broad SMARTS) is 1.